The Hall–Kier alpha value is -1.07. The van der Waals surface area contributed by atoms with Crippen molar-refractivity contribution < 1.29 is 13.2 Å². The summed E-state index contributed by atoms with van der Waals surface area (Å²) in [5.74, 6) is -0.891. The van der Waals surface area contributed by atoms with E-state index in [1.165, 1.54) is 6.92 Å². The molecule has 1 heterocycles. The number of nitrogens with one attached hydrogen (secondary N) is 1. The maximum Gasteiger partial charge on any atom is 0.451 e. The molecule has 0 aliphatic heterocycles. The van der Waals surface area contributed by atoms with Gasteiger partial charge >= 0.3 is 6.18 Å². The van der Waals surface area contributed by atoms with Gasteiger partial charge in [-0.1, -0.05) is 0 Å². The number of aromatic amines is 1. The third-order valence-electron chi connectivity index (χ3n) is 0.868. The summed E-state index contributed by atoms with van der Waals surface area (Å²) in [6, 6.07) is 0. The molecule has 0 spiro atoms. The Bertz CT molecular complexity index is 226. The molecule has 0 amide bonds. The van der Waals surface area contributed by atoms with E-state index in [1.54, 1.807) is 0 Å². The van der Waals surface area contributed by atoms with Crippen LogP contribution in [0.25, 0.3) is 0 Å². The second kappa shape index (κ2) is 1.96. The Morgan fingerprint density at radius 2 is 1.90 bits per heavy atom. The van der Waals surface area contributed by atoms with Crippen LogP contribution in [0.1, 0.15) is 11.6 Å². The fourth-order valence-electron chi connectivity index (χ4n) is 0.474. The van der Waals surface area contributed by atoms with Crippen LogP contribution in [0, 0.1) is 6.92 Å². The Kier molecular flexibility index (Phi) is 1.38. The first-order valence-corrected chi connectivity index (χ1v) is 2.46. The van der Waals surface area contributed by atoms with E-state index >= 15 is 0 Å². The normalized spacial score (nSPS) is 12.0. The molecule has 0 bridgehead atoms. The van der Waals surface area contributed by atoms with Gasteiger partial charge < -0.3 is 4.98 Å². The van der Waals surface area contributed by atoms with Crippen LogP contribution >= 0.6 is 0 Å². The molecular weight excluding hydrogens is 147 g/mol. The predicted molar refractivity (Wildman–Crippen MR) is 26.1 cm³/mol. The molecule has 1 N–H and O–H groups in total. The molecule has 0 unspecified atom stereocenters. The highest BCUT2D eigenvalue weighted by atomic mass is 19.4. The van der Waals surface area contributed by atoms with E-state index in [2.05, 4.69) is 10.2 Å². The van der Waals surface area contributed by atoms with Crippen molar-refractivity contribution in [2.24, 2.45) is 0 Å². The monoisotopic (exact) mass is 151 g/mol. The van der Waals surface area contributed by atoms with Crippen LogP contribution < -0.4 is 0 Å². The first-order chi connectivity index (χ1) is 4.50. The molecule has 0 saturated heterocycles. The number of nitrogens with zero attached hydrogens (tertiary/aromatic N) is 2. The molecule has 56 valence electrons. The molecule has 0 aliphatic carbocycles. The second-order valence-electron chi connectivity index (χ2n) is 1.76. The fourth-order valence-corrected chi connectivity index (χ4v) is 0.474. The largest absolute Gasteiger partial charge is 0.451 e. The van der Waals surface area contributed by atoms with Crippen molar-refractivity contribution >= 4 is 0 Å². The van der Waals surface area contributed by atoms with E-state index in [-0.39, 0.29) is 5.82 Å². The van der Waals surface area contributed by atoms with Gasteiger partial charge in [0.25, 0.3) is 0 Å². The first-order valence-electron chi connectivity index (χ1n) is 2.46. The van der Waals surface area contributed by atoms with Crippen molar-refractivity contribution in [3.63, 3.8) is 0 Å². The average Bonchev–Trinajstić information content (AvgIpc) is 2.11. The molecule has 6 heteroatoms. The van der Waals surface area contributed by atoms with Crippen molar-refractivity contribution in [2.75, 3.05) is 0 Å². The smallest absolute Gasteiger partial charge is 0.322 e. The maximum atomic E-state index is 11.7. The lowest BCUT2D eigenvalue weighted by Gasteiger charge is -1.97. The Morgan fingerprint density at radius 3 is 2.10 bits per heavy atom. The van der Waals surface area contributed by atoms with Gasteiger partial charge in [-0.2, -0.15) is 13.2 Å². The van der Waals surface area contributed by atoms with Crippen molar-refractivity contribution in [3.05, 3.63) is 11.6 Å². The van der Waals surface area contributed by atoms with Gasteiger partial charge in [-0.3, -0.25) is 0 Å². The summed E-state index contributed by atoms with van der Waals surface area (Å²) < 4.78 is 35.0. The minimum atomic E-state index is -4.42. The lowest BCUT2D eigenvalue weighted by Crippen LogP contribution is -2.07. The predicted octanol–water partition coefficient (Wildman–Crippen LogP) is 1.13. The quantitative estimate of drug-likeness (QED) is 0.603. The molecule has 0 atom stereocenters. The number of hydrogen-bond acceptors (Lipinski definition) is 2. The minimum absolute atomic E-state index is 0.160. The minimum Gasteiger partial charge on any atom is -0.322 e. The van der Waals surface area contributed by atoms with Gasteiger partial charge in [-0.05, 0) is 6.92 Å². The summed E-state index contributed by atoms with van der Waals surface area (Å²) in [5.41, 5.74) is 0. The van der Waals surface area contributed by atoms with Crippen LogP contribution in [0.4, 0.5) is 13.2 Å². The Morgan fingerprint density at radius 1 is 1.30 bits per heavy atom. The summed E-state index contributed by atoms with van der Waals surface area (Å²) in [6.07, 6.45) is -4.42. The van der Waals surface area contributed by atoms with Crippen LogP contribution in [0.2, 0.25) is 0 Å². The summed E-state index contributed by atoms with van der Waals surface area (Å²) in [4.78, 5) is 1.97. The number of halogens is 3. The topological polar surface area (TPSA) is 41.6 Å². The van der Waals surface area contributed by atoms with Crippen LogP contribution in [0.3, 0.4) is 0 Å². The molecule has 0 aromatic carbocycles. The zero-order valence-corrected chi connectivity index (χ0v) is 5.03. The summed E-state index contributed by atoms with van der Waals surface area (Å²) in [6.45, 7) is 1.40. The lowest BCUT2D eigenvalue weighted by molar-refractivity contribution is -0.144. The number of alkyl halides is 3. The molecule has 0 radical (unpaired) electrons. The first kappa shape index (κ1) is 7.04. The lowest BCUT2D eigenvalue weighted by atomic mass is 10.6. The van der Waals surface area contributed by atoms with Crippen molar-refractivity contribution in [3.8, 4) is 0 Å². The molecule has 1 aromatic rings. The molecular formula is C4H4F3N3. The molecule has 1 rings (SSSR count). The molecule has 0 saturated carbocycles. The third-order valence-corrected chi connectivity index (χ3v) is 0.868. The SMILES string of the molecule is Cc1nnc(C(F)(F)F)[nH]1. The molecule has 3 nitrogen and oxygen atoms in total. The molecule has 1 aromatic heterocycles. The number of rotatable bonds is 0. The number of aromatic nitrogens is 3. The van der Waals surface area contributed by atoms with E-state index in [0.717, 1.165) is 0 Å². The van der Waals surface area contributed by atoms with Crippen molar-refractivity contribution in [1.82, 2.24) is 15.2 Å². The summed E-state index contributed by atoms with van der Waals surface area (Å²) in [7, 11) is 0. The van der Waals surface area contributed by atoms with Crippen LogP contribution in [-0.2, 0) is 6.18 Å². The van der Waals surface area contributed by atoms with Gasteiger partial charge in [-0.25, -0.2) is 0 Å². The Labute approximate surface area is 54.3 Å². The second-order valence-corrected chi connectivity index (χ2v) is 1.76. The molecule has 0 fully saturated rings. The summed E-state index contributed by atoms with van der Waals surface area (Å²) >= 11 is 0. The van der Waals surface area contributed by atoms with Gasteiger partial charge in [0.05, 0.1) is 0 Å². The molecule has 0 aliphatic rings. The fraction of sp³-hybridized carbons (Fsp3) is 0.500. The molecule has 10 heavy (non-hydrogen) atoms. The highest BCUT2D eigenvalue weighted by Gasteiger charge is 2.34. The van der Waals surface area contributed by atoms with Crippen molar-refractivity contribution in [1.29, 1.82) is 0 Å². The van der Waals surface area contributed by atoms with E-state index in [1.807, 2.05) is 4.98 Å². The van der Waals surface area contributed by atoms with Crippen LogP contribution in [0.5, 0.6) is 0 Å². The summed E-state index contributed by atoms with van der Waals surface area (Å²) in [5, 5.41) is 6.01. The van der Waals surface area contributed by atoms with E-state index in [4.69, 9.17) is 0 Å². The van der Waals surface area contributed by atoms with Gasteiger partial charge in [0.2, 0.25) is 5.82 Å². The van der Waals surface area contributed by atoms with Gasteiger partial charge in [0, 0.05) is 0 Å². The number of hydrogen-bond donors (Lipinski definition) is 1. The van der Waals surface area contributed by atoms with Gasteiger partial charge in [0.1, 0.15) is 5.82 Å². The van der Waals surface area contributed by atoms with E-state index in [9.17, 15) is 13.2 Å². The highest BCUT2D eigenvalue weighted by Crippen LogP contribution is 2.25. The number of aryl methyl sites for hydroxylation is 1. The average molecular weight is 151 g/mol. The van der Waals surface area contributed by atoms with E-state index < -0.39 is 12.0 Å². The third kappa shape index (κ3) is 1.26. The van der Waals surface area contributed by atoms with Gasteiger partial charge in [-0.15, -0.1) is 10.2 Å². The zero-order valence-electron chi connectivity index (χ0n) is 5.03. The van der Waals surface area contributed by atoms with E-state index in [0.29, 0.717) is 0 Å². The standard InChI is InChI=1S/C4H4F3N3/c1-2-8-3(10-9-2)4(5,6)7/h1H3,(H,8,9,10). The highest BCUT2D eigenvalue weighted by molar-refractivity contribution is 4.91. The zero-order chi connectivity index (χ0) is 7.78. The maximum absolute atomic E-state index is 11.7. The van der Waals surface area contributed by atoms with Gasteiger partial charge in [0.15, 0.2) is 0 Å². The van der Waals surface area contributed by atoms with Crippen LogP contribution in [0.15, 0.2) is 0 Å². The van der Waals surface area contributed by atoms with Crippen molar-refractivity contribution in [2.45, 2.75) is 13.1 Å². The Balaban J connectivity index is 2.96. The van der Waals surface area contributed by atoms with Crippen LogP contribution in [-0.4, -0.2) is 15.2 Å². The number of H-pyrrole nitrogens is 1.